The van der Waals surface area contributed by atoms with Gasteiger partial charge in [-0.25, -0.2) is 4.98 Å². The predicted octanol–water partition coefficient (Wildman–Crippen LogP) is 1.49. The Labute approximate surface area is 182 Å². The Bertz CT molecular complexity index is 1150. The van der Waals surface area contributed by atoms with Gasteiger partial charge in [-0.05, 0) is 38.0 Å². The van der Waals surface area contributed by atoms with Gasteiger partial charge in [0.05, 0.1) is 22.4 Å². The number of nitrogens with one attached hydrogen (secondary N) is 3. The molecule has 0 bridgehead atoms. The first-order valence-electron chi connectivity index (χ1n) is 10.1. The maximum absolute atomic E-state index is 12.9. The molecule has 10 heteroatoms. The number of rotatable bonds is 4. The number of anilines is 1. The number of piperidine rings is 1. The van der Waals surface area contributed by atoms with Gasteiger partial charge in [-0.2, -0.15) is 0 Å². The molecule has 3 aliphatic heterocycles. The fraction of sp³-hybridized carbons (Fsp3) is 0.381. The fourth-order valence-corrected chi connectivity index (χ4v) is 5.28. The molecule has 1 aromatic heterocycles. The number of hydrogen-bond donors (Lipinski definition) is 3. The van der Waals surface area contributed by atoms with E-state index in [1.165, 1.54) is 4.88 Å². The molecule has 5 rings (SSSR count). The molecule has 3 N–H and O–H groups in total. The van der Waals surface area contributed by atoms with E-state index in [0.29, 0.717) is 6.54 Å². The van der Waals surface area contributed by atoms with E-state index in [9.17, 15) is 19.2 Å². The second-order valence-corrected chi connectivity index (χ2v) is 9.53. The number of amides is 4. The van der Waals surface area contributed by atoms with Crippen LogP contribution in [0.25, 0.3) is 0 Å². The highest BCUT2D eigenvalue weighted by Gasteiger charge is 2.44. The molecule has 9 nitrogen and oxygen atoms in total. The van der Waals surface area contributed by atoms with E-state index in [-0.39, 0.29) is 29.5 Å². The smallest absolute Gasteiger partial charge is 0.262 e. The summed E-state index contributed by atoms with van der Waals surface area (Å²) >= 11 is 1.60. The van der Waals surface area contributed by atoms with Crippen molar-refractivity contribution in [2.24, 2.45) is 0 Å². The molecule has 0 radical (unpaired) electrons. The number of hydrogen-bond acceptors (Lipinski definition) is 8. The van der Waals surface area contributed by atoms with Crippen LogP contribution in [-0.4, -0.2) is 39.6 Å². The number of fused-ring (bicyclic) bond motifs is 2. The average molecular weight is 439 g/mol. The molecule has 1 fully saturated rings. The van der Waals surface area contributed by atoms with Gasteiger partial charge in [-0.15, -0.1) is 11.3 Å². The first kappa shape index (κ1) is 19.8. The molecule has 0 aliphatic carbocycles. The SMILES string of the molecule is CC1(C)NCc2sc(NCc3ccc4c(c3)C(=O)N(C3CCC(=O)NC3=O)C4=O)nc21. The van der Waals surface area contributed by atoms with Crippen molar-refractivity contribution in [1.29, 1.82) is 0 Å². The normalized spacial score (nSPS) is 21.9. The molecule has 4 heterocycles. The minimum Gasteiger partial charge on any atom is -0.357 e. The van der Waals surface area contributed by atoms with E-state index >= 15 is 0 Å². The van der Waals surface area contributed by atoms with Gasteiger partial charge in [0, 0.05) is 24.4 Å². The van der Waals surface area contributed by atoms with Crippen LogP contribution >= 0.6 is 11.3 Å². The molecule has 1 atom stereocenters. The standard InChI is InChI=1S/C21H21N5O4S/c1-21(2)16-14(9-23-21)31-20(25-16)22-8-10-3-4-11-12(7-10)19(30)26(18(11)29)13-5-6-15(27)24-17(13)28/h3-4,7,13,23H,5-6,8-9H2,1-2H3,(H,22,25)(H,24,27,28). The van der Waals surface area contributed by atoms with Crippen LogP contribution in [-0.2, 0) is 28.2 Å². The number of carbonyl (C=O) groups excluding carboxylic acids is 4. The van der Waals surface area contributed by atoms with Gasteiger partial charge in [0.1, 0.15) is 6.04 Å². The third-order valence-electron chi connectivity index (χ3n) is 5.93. The molecule has 0 spiro atoms. The monoisotopic (exact) mass is 439 g/mol. The Hall–Kier alpha value is -3.11. The summed E-state index contributed by atoms with van der Waals surface area (Å²) in [5, 5.41) is 9.73. The molecule has 3 aliphatic rings. The molecule has 160 valence electrons. The number of thiazole rings is 1. The van der Waals surface area contributed by atoms with Crippen LogP contribution in [0.4, 0.5) is 5.13 Å². The maximum atomic E-state index is 12.9. The van der Waals surface area contributed by atoms with Gasteiger partial charge in [0.15, 0.2) is 5.13 Å². The number of imide groups is 2. The summed E-state index contributed by atoms with van der Waals surface area (Å²) in [5.41, 5.74) is 2.29. The summed E-state index contributed by atoms with van der Waals surface area (Å²) < 4.78 is 0. The lowest BCUT2D eigenvalue weighted by molar-refractivity contribution is -0.136. The largest absolute Gasteiger partial charge is 0.357 e. The molecule has 1 unspecified atom stereocenters. The highest BCUT2D eigenvalue weighted by molar-refractivity contribution is 7.15. The zero-order valence-corrected chi connectivity index (χ0v) is 17.9. The minimum absolute atomic E-state index is 0.100. The second kappa shape index (κ2) is 6.96. The van der Waals surface area contributed by atoms with E-state index < -0.39 is 29.7 Å². The second-order valence-electron chi connectivity index (χ2n) is 8.45. The Morgan fingerprint density at radius 3 is 2.71 bits per heavy atom. The predicted molar refractivity (Wildman–Crippen MR) is 112 cm³/mol. The quantitative estimate of drug-likeness (QED) is 0.618. The van der Waals surface area contributed by atoms with Gasteiger partial charge in [-0.1, -0.05) is 6.07 Å². The van der Waals surface area contributed by atoms with E-state index in [1.807, 2.05) is 0 Å². The fourth-order valence-electron chi connectivity index (χ4n) is 4.23. The van der Waals surface area contributed by atoms with Crippen LogP contribution in [0.1, 0.15) is 63.5 Å². The van der Waals surface area contributed by atoms with Crippen LogP contribution < -0.4 is 16.0 Å². The van der Waals surface area contributed by atoms with Crippen LogP contribution in [0, 0.1) is 0 Å². The highest BCUT2D eigenvalue weighted by Crippen LogP contribution is 2.36. The van der Waals surface area contributed by atoms with Crippen molar-refractivity contribution in [3.63, 3.8) is 0 Å². The van der Waals surface area contributed by atoms with E-state index in [2.05, 4.69) is 34.8 Å². The Balaban J connectivity index is 1.33. The number of aromatic nitrogens is 1. The topological polar surface area (TPSA) is 120 Å². The number of nitrogens with zero attached hydrogens (tertiary/aromatic N) is 2. The molecule has 31 heavy (non-hydrogen) atoms. The van der Waals surface area contributed by atoms with Crippen molar-refractivity contribution in [2.75, 3.05) is 5.32 Å². The van der Waals surface area contributed by atoms with Crippen molar-refractivity contribution in [2.45, 2.75) is 51.4 Å². The van der Waals surface area contributed by atoms with Crippen molar-refractivity contribution in [3.05, 3.63) is 45.5 Å². The summed E-state index contributed by atoms with van der Waals surface area (Å²) in [5.74, 6) is -2.00. The van der Waals surface area contributed by atoms with Crippen LogP contribution in [0.3, 0.4) is 0 Å². The zero-order chi connectivity index (χ0) is 21.9. The lowest BCUT2D eigenvalue weighted by Crippen LogP contribution is -2.54. The van der Waals surface area contributed by atoms with Crippen molar-refractivity contribution < 1.29 is 19.2 Å². The maximum Gasteiger partial charge on any atom is 0.262 e. The first-order chi connectivity index (χ1) is 14.7. The summed E-state index contributed by atoms with van der Waals surface area (Å²) in [6.45, 7) is 5.44. The van der Waals surface area contributed by atoms with E-state index in [4.69, 9.17) is 0 Å². The zero-order valence-electron chi connectivity index (χ0n) is 17.1. The molecule has 1 aromatic carbocycles. The first-order valence-corrected chi connectivity index (χ1v) is 10.9. The van der Waals surface area contributed by atoms with Crippen molar-refractivity contribution >= 4 is 40.1 Å². The summed E-state index contributed by atoms with van der Waals surface area (Å²) in [6, 6.07) is 4.13. The van der Waals surface area contributed by atoms with E-state index in [0.717, 1.165) is 27.8 Å². The lowest BCUT2D eigenvalue weighted by Gasteiger charge is -2.27. The van der Waals surface area contributed by atoms with E-state index in [1.54, 1.807) is 29.5 Å². The third kappa shape index (κ3) is 3.22. The van der Waals surface area contributed by atoms with Crippen LogP contribution in [0.2, 0.25) is 0 Å². The Kier molecular flexibility index (Phi) is 4.45. The Morgan fingerprint density at radius 2 is 1.97 bits per heavy atom. The molecule has 0 saturated carbocycles. The molecular formula is C21H21N5O4S. The molecule has 4 amide bonds. The lowest BCUT2D eigenvalue weighted by atomic mass is 10.0. The molecule has 2 aromatic rings. The van der Waals surface area contributed by atoms with Crippen molar-refractivity contribution in [3.8, 4) is 0 Å². The van der Waals surface area contributed by atoms with Crippen molar-refractivity contribution in [1.82, 2.24) is 20.5 Å². The highest BCUT2D eigenvalue weighted by atomic mass is 32.1. The minimum atomic E-state index is -0.957. The van der Waals surface area contributed by atoms with Gasteiger partial charge in [-0.3, -0.25) is 29.4 Å². The average Bonchev–Trinajstić information content (AvgIpc) is 3.34. The number of carbonyl (C=O) groups is 4. The Morgan fingerprint density at radius 1 is 1.19 bits per heavy atom. The summed E-state index contributed by atoms with van der Waals surface area (Å²) in [7, 11) is 0. The molecular weight excluding hydrogens is 418 g/mol. The van der Waals surface area contributed by atoms with Crippen LogP contribution in [0.5, 0.6) is 0 Å². The van der Waals surface area contributed by atoms with Gasteiger partial charge < -0.3 is 10.6 Å². The van der Waals surface area contributed by atoms with Gasteiger partial charge >= 0.3 is 0 Å². The summed E-state index contributed by atoms with van der Waals surface area (Å²) in [4.78, 5) is 56.1. The third-order valence-corrected chi connectivity index (χ3v) is 6.94. The number of benzene rings is 1. The summed E-state index contributed by atoms with van der Waals surface area (Å²) in [6.07, 6.45) is 0.244. The molecule has 1 saturated heterocycles. The van der Waals surface area contributed by atoms with Gasteiger partial charge in [0.2, 0.25) is 11.8 Å². The van der Waals surface area contributed by atoms with Crippen LogP contribution in [0.15, 0.2) is 18.2 Å². The van der Waals surface area contributed by atoms with Gasteiger partial charge in [0.25, 0.3) is 11.8 Å².